The van der Waals surface area contributed by atoms with Gasteiger partial charge in [-0.15, -0.1) is 0 Å². The molecule has 1 heterocycles. The fraction of sp³-hybridized carbons (Fsp3) is 0.500. The van der Waals surface area contributed by atoms with Gasteiger partial charge in [-0.1, -0.05) is 48.5 Å². The highest BCUT2D eigenvalue weighted by Gasteiger charge is 2.38. The Hall–Kier alpha value is -1.50. The van der Waals surface area contributed by atoms with Gasteiger partial charge < -0.3 is 4.74 Å². The predicted molar refractivity (Wildman–Crippen MR) is 86.7 cm³/mol. The van der Waals surface area contributed by atoms with Crippen molar-refractivity contribution in [2.75, 3.05) is 0 Å². The SMILES string of the molecule is CC1=CC2=C(CC1)OC1C2=CC=CC1C1=CC(C)CCC1. The highest BCUT2D eigenvalue weighted by molar-refractivity contribution is 5.55. The Kier molecular flexibility index (Phi) is 3.17. The minimum absolute atomic E-state index is 0.235. The maximum absolute atomic E-state index is 6.39. The second kappa shape index (κ2) is 5.05. The smallest absolute Gasteiger partial charge is 0.134 e. The molecular formula is C20H24O. The summed E-state index contributed by atoms with van der Waals surface area (Å²) < 4.78 is 6.39. The van der Waals surface area contributed by atoms with Crippen LogP contribution in [0.3, 0.4) is 0 Å². The topological polar surface area (TPSA) is 9.23 Å². The third-order valence-corrected chi connectivity index (χ3v) is 5.30. The van der Waals surface area contributed by atoms with E-state index in [0.29, 0.717) is 5.92 Å². The van der Waals surface area contributed by atoms with Crippen LogP contribution in [-0.2, 0) is 4.74 Å². The highest BCUT2D eigenvalue weighted by Crippen LogP contribution is 2.45. The number of rotatable bonds is 1. The molecule has 1 aliphatic heterocycles. The van der Waals surface area contributed by atoms with Crippen molar-refractivity contribution in [2.24, 2.45) is 11.8 Å². The van der Waals surface area contributed by atoms with Gasteiger partial charge in [-0.05, 0) is 38.5 Å². The van der Waals surface area contributed by atoms with Crippen LogP contribution in [-0.4, -0.2) is 6.10 Å². The van der Waals surface area contributed by atoms with Crippen LogP contribution in [0.15, 0.2) is 58.4 Å². The van der Waals surface area contributed by atoms with Crippen molar-refractivity contribution in [1.82, 2.24) is 0 Å². The summed E-state index contributed by atoms with van der Waals surface area (Å²) in [5, 5.41) is 0. The lowest BCUT2D eigenvalue weighted by molar-refractivity contribution is 0.131. The number of allylic oxidation sites excluding steroid dienone is 6. The maximum Gasteiger partial charge on any atom is 0.134 e. The third-order valence-electron chi connectivity index (χ3n) is 5.30. The number of fused-ring (bicyclic) bond motifs is 2. The molecule has 0 amide bonds. The lowest BCUT2D eigenvalue weighted by atomic mass is 9.77. The molecule has 1 heteroatoms. The van der Waals surface area contributed by atoms with E-state index in [1.807, 2.05) is 0 Å². The quantitative estimate of drug-likeness (QED) is 0.597. The number of hydrogen-bond donors (Lipinski definition) is 0. The van der Waals surface area contributed by atoms with E-state index >= 15 is 0 Å². The number of hydrogen-bond acceptors (Lipinski definition) is 1. The molecule has 3 unspecified atom stereocenters. The molecule has 0 saturated heterocycles. The summed E-state index contributed by atoms with van der Waals surface area (Å²) >= 11 is 0. The van der Waals surface area contributed by atoms with Gasteiger partial charge in [0.25, 0.3) is 0 Å². The van der Waals surface area contributed by atoms with Crippen molar-refractivity contribution in [1.29, 1.82) is 0 Å². The van der Waals surface area contributed by atoms with Crippen LogP contribution < -0.4 is 0 Å². The van der Waals surface area contributed by atoms with E-state index in [2.05, 4.69) is 44.2 Å². The van der Waals surface area contributed by atoms with Crippen molar-refractivity contribution in [2.45, 2.75) is 52.1 Å². The molecule has 0 bridgehead atoms. The summed E-state index contributed by atoms with van der Waals surface area (Å²) in [6.45, 7) is 4.58. The first kappa shape index (κ1) is 13.2. The van der Waals surface area contributed by atoms with E-state index in [1.54, 1.807) is 5.57 Å². The van der Waals surface area contributed by atoms with Gasteiger partial charge in [-0.25, -0.2) is 0 Å². The van der Waals surface area contributed by atoms with E-state index in [0.717, 1.165) is 18.8 Å². The number of ether oxygens (including phenoxy) is 1. The largest absolute Gasteiger partial charge is 0.488 e. The monoisotopic (exact) mass is 280 g/mol. The Morgan fingerprint density at radius 3 is 2.95 bits per heavy atom. The summed E-state index contributed by atoms with van der Waals surface area (Å²) in [7, 11) is 0. The van der Waals surface area contributed by atoms with Gasteiger partial charge in [-0.3, -0.25) is 0 Å². The lowest BCUT2D eigenvalue weighted by Crippen LogP contribution is -2.26. The fourth-order valence-electron chi connectivity index (χ4n) is 4.17. The molecule has 21 heavy (non-hydrogen) atoms. The first-order chi connectivity index (χ1) is 10.2. The van der Waals surface area contributed by atoms with Crippen molar-refractivity contribution in [3.8, 4) is 0 Å². The lowest BCUT2D eigenvalue weighted by Gasteiger charge is -2.30. The van der Waals surface area contributed by atoms with E-state index in [4.69, 9.17) is 4.74 Å². The minimum atomic E-state index is 0.235. The van der Waals surface area contributed by atoms with Crippen molar-refractivity contribution < 1.29 is 4.74 Å². The molecule has 4 aliphatic rings. The van der Waals surface area contributed by atoms with Crippen LogP contribution in [0.4, 0.5) is 0 Å². The Morgan fingerprint density at radius 1 is 1.19 bits per heavy atom. The van der Waals surface area contributed by atoms with E-state index in [1.165, 1.54) is 41.7 Å². The third kappa shape index (κ3) is 2.23. The second-order valence-electron chi connectivity index (χ2n) is 7.01. The summed E-state index contributed by atoms with van der Waals surface area (Å²) in [5.74, 6) is 2.41. The first-order valence-corrected chi connectivity index (χ1v) is 8.38. The van der Waals surface area contributed by atoms with Gasteiger partial charge in [0.15, 0.2) is 0 Å². The molecule has 0 aromatic carbocycles. The molecule has 0 radical (unpaired) electrons. The van der Waals surface area contributed by atoms with Gasteiger partial charge in [-0.2, -0.15) is 0 Å². The van der Waals surface area contributed by atoms with Crippen LogP contribution in [0.2, 0.25) is 0 Å². The Morgan fingerprint density at radius 2 is 2.10 bits per heavy atom. The average molecular weight is 280 g/mol. The van der Waals surface area contributed by atoms with Crippen LogP contribution in [0, 0.1) is 11.8 Å². The zero-order valence-corrected chi connectivity index (χ0v) is 13.1. The molecule has 3 aliphatic carbocycles. The molecule has 0 spiro atoms. The standard InChI is InChI=1S/C20H24O/c1-13-5-3-6-15(11-13)16-7-4-8-17-18-12-14(2)9-10-19(18)21-20(16)17/h4,7-8,11-13,16,20H,3,5-6,9-10H2,1-2H3. The van der Waals surface area contributed by atoms with Crippen LogP contribution in [0.5, 0.6) is 0 Å². The summed E-state index contributed by atoms with van der Waals surface area (Å²) in [6, 6.07) is 0. The van der Waals surface area contributed by atoms with Crippen LogP contribution in [0.25, 0.3) is 0 Å². The van der Waals surface area contributed by atoms with Gasteiger partial charge in [0.05, 0.1) is 0 Å². The molecular weight excluding hydrogens is 256 g/mol. The minimum Gasteiger partial charge on any atom is -0.488 e. The van der Waals surface area contributed by atoms with Gasteiger partial charge in [0.1, 0.15) is 11.9 Å². The van der Waals surface area contributed by atoms with Gasteiger partial charge >= 0.3 is 0 Å². The molecule has 0 N–H and O–H groups in total. The zero-order valence-electron chi connectivity index (χ0n) is 13.1. The van der Waals surface area contributed by atoms with Crippen LogP contribution in [0.1, 0.15) is 46.0 Å². The van der Waals surface area contributed by atoms with Crippen molar-refractivity contribution >= 4 is 0 Å². The van der Waals surface area contributed by atoms with Crippen molar-refractivity contribution in [3.05, 3.63) is 58.4 Å². The summed E-state index contributed by atoms with van der Waals surface area (Å²) in [4.78, 5) is 0. The van der Waals surface area contributed by atoms with E-state index < -0.39 is 0 Å². The molecule has 3 atom stereocenters. The molecule has 0 aromatic heterocycles. The first-order valence-electron chi connectivity index (χ1n) is 8.38. The van der Waals surface area contributed by atoms with Crippen LogP contribution >= 0.6 is 0 Å². The van der Waals surface area contributed by atoms with E-state index in [9.17, 15) is 0 Å². The second-order valence-corrected chi connectivity index (χ2v) is 7.01. The average Bonchev–Trinajstić information content (AvgIpc) is 2.85. The zero-order chi connectivity index (χ0) is 14.4. The van der Waals surface area contributed by atoms with Gasteiger partial charge in [0.2, 0.25) is 0 Å². The Balaban J connectivity index is 1.66. The summed E-state index contributed by atoms with van der Waals surface area (Å²) in [5.41, 5.74) is 5.87. The summed E-state index contributed by atoms with van der Waals surface area (Å²) in [6.07, 6.45) is 18.1. The Labute approximate surface area is 127 Å². The molecule has 110 valence electrons. The Bertz CT molecular complexity index is 612. The molecule has 0 saturated carbocycles. The normalized spacial score (nSPS) is 34.6. The van der Waals surface area contributed by atoms with E-state index in [-0.39, 0.29) is 6.10 Å². The van der Waals surface area contributed by atoms with Gasteiger partial charge in [0, 0.05) is 23.5 Å². The molecule has 0 fully saturated rings. The molecule has 0 aromatic rings. The van der Waals surface area contributed by atoms with Crippen molar-refractivity contribution in [3.63, 3.8) is 0 Å². The highest BCUT2D eigenvalue weighted by atomic mass is 16.5. The maximum atomic E-state index is 6.39. The fourth-order valence-corrected chi connectivity index (χ4v) is 4.17. The molecule has 4 rings (SSSR count). The molecule has 1 nitrogen and oxygen atoms in total. The predicted octanol–water partition coefficient (Wildman–Crippen LogP) is 5.24.